The number of hydrogen-bond donors (Lipinski definition) is 2. The molecule has 0 radical (unpaired) electrons. The van der Waals surface area contributed by atoms with E-state index < -0.39 is 0 Å². The number of hydrogen-bond acceptors (Lipinski definition) is 5. The van der Waals surface area contributed by atoms with E-state index in [1.54, 1.807) is 12.4 Å². The normalized spacial score (nSPS) is 15.0. The van der Waals surface area contributed by atoms with Crippen molar-refractivity contribution in [1.29, 1.82) is 0 Å². The van der Waals surface area contributed by atoms with Gasteiger partial charge in [0.25, 0.3) is 0 Å². The molecule has 0 aromatic carbocycles. The SMILES string of the molecule is c1cnc2[nH]c(-c3n[nH]c4ccc(-c5cncc(OC6CCCCC6)c5)nc34)cc2c1. The zero-order valence-electron chi connectivity index (χ0n) is 17.0. The summed E-state index contributed by atoms with van der Waals surface area (Å²) in [5.74, 6) is 0.806. The van der Waals surface area contributed by atoms with Crippen molar-refractivity contribution < 1.29 is 4.74 Å². The summed E-state index contributed by atoms with van der Waals surface area (Å²) in [5.41, 5.74) is 5.96. The van der Waals surface area contributed by atoms with Crippen LogP contribution in [0.25, 0.3) is 44.7 Å². The highest BCUT2D eigenvalue weighted by Crippen LogP contribution is 2.30. The third-order valence-electron chi connectivity index (χ3n) is 5.92. The monoisotopic (exact) mass is 410 g/mol. The predicted molar refractivity (Wildman–Crippen MR) is 120 cm³/mol. The Morgan fingerprint density at radius 3 is 2.84 bits per heavy atom. The molecule has 5 aromatic rings. The van der Waals surface area contributed by atoms with Crippen LogP contribution in [0.4, 0.5) is 0 Å². The predicted octanol–water partition coefficient (Wildman–Crippen LogP) is 5.27. The molecule has 154 valence electrons. The Kier molecular flexibility index (Phi) is 4.37. The molecule has 0 unspecified atom stereocenters. The summed E-state index contributed by atoms with van der Waals surface area (Å²) in [6.07, 6.45) is 11.7. The molecular formula is C24H22N6O. The second-order valence-electron chi connectivity index (χ2n) is 8.08. The molecule has 1 fully saturated rings. The highest BCUT2D eigenvalue weighted by molar-refractivity contribution is 5.93. The molecule has 7 heteroatoms. The Labute approximate surface area is 178 Å². The van der Waals surface area contributed by atoms with Gasteiger partial charge >= 0.3 is 0 Å². The van der Waals surface area contributed by atoms with Gasteiger partial charge in [-0.3, -0.25) is 10.1 Å². The first-order valence-corrected chi connectivity index (χ1v) is 10.7. The summed E-state index contributed by atoms with van der Waals surface area (Å²) in [4.78, 5) is 17.0. The molecule has 1 aliphatic rings. The van der Waals surface area contributed by atoms with Crippen LogP contribution in [-0.4, -0.2) is 36.2 Å². The average Bonchev–Trinajstić information content (AvgIpc) is 3.43. The van der Waals surface area contributed by atoms with Gasteiger partial charge in [-0.05, 0) is 62.1 Å². The molecule has 0 spiro atoms. The van der Waals surface area contributed by atoms with Gasteiger partial charge in [-0.2, -0.15) is 5.10 Å². The van der Waals surface area contributed by atoms with Gasteiger partial charge in [0.1, 0.15) is 22.6 Å². The first kappa shape index (κ1) is 18.1. The fourth-order valence-corrected chi connectivity index (χ4v) is 4.33. The minimum Gasteiger partial charge on any atom is -0.489 e. The standard InChI is InChI=1S/C24H22N6O/c1-2-6-17(7-3-1)31-18-11-16(13-25-14-18)19-8-9-20-22(27-19)23(30-29-20)21-12-15-5-4-10-26-24(15)28-21/h4-5,8-14,17H,1-3,6-7H2,(H,26,28)(H,29,30). The zero-order chi connectivity index (χ0) is 20.6. The maximum atomic E-state index is 6.20. The Morgan fingerprint density at radius 2 is 1.94 bits per heavy atom. The van der Waals surface area contributed by atoms with Gasteiger partial charge in [-0.25, -0.2) is 9.97 Å². The van der Waals surface area contributed by atoms with Gasteiger partial charge in [-0.1, -0.05) is 6.42 Å². The van der Waals surface area contributed by atoms with Crippen LogP contribution >= 0.6 is 0 Å². The smallest absolute Gasteiger partial charge is 0.138 e. The number of pyridine rings is 3. The van der Waals surface area contributed by atoms with Crippen molar-refractivity contribution >= 4 is 22.1 Å². The summed E-state index contributed by atoms with van der Waals surface area (Å²) < 4.78 is 6.20. The van der Waals surface area contributed by atoms with E-state index in [1.807, 2.05) is 42.6 Å². The van der Waals surface area contributed by atoms with Crippen LogP contribution in [0.5, 0.6) is 5.75 Å². The number of fused-ring (bicyclic) bond motifs is 2. The maximum absolute atomic E-state index is 6.20. The molecule has 1 aliphatic carbocycles. The largest absolute Gasteiger partial charge is 0.489 e. The van der Waals surface area contributed by atoms with E-state index in [9.17, 15) is 0 Å². The van der Waals surface area contributed by atoms with Gasteiger partial charge in [0.05, 0.1) is 29.2 Å². The molecule has 2 N–H and O–H groups in total. The number of nitrogens with one attached hydrogen (secondary N) is 2. The summed E-state index contributed by atoms with van der Waals surface area (Å²) in [6.45, 7) is 0. The molecule has 0 amide bonds. The summed E-state index contributed by atoms with van der Waals surface area (Å²) >= 11 is 0. The lowest BCUT2D eigenvalue weighted by atomic mass is 9.98. The van der Waals surface area contributed by atoms with Crippen LogP contribution in [-0.2, 0) is 0 Å². The molecular weight excluding hydrogens is 388 g/mol. The summed E-state index contributed by atoms with van der Waals surface area (Å²) in [7, 11) is 0. The van der Waals surface area contributed by atoms with E-state index in [0.29, 0.717) is 0 Å². The lowest BCUT2D eigenvalue weighted by molar-refractivity contribution is 0.154. The van der Waals surface area contributed by atoms with Crippen LogP contribution in [0.1, 0.15) is 32.1 Å². The van der Waals surface area contributed by atoms with E-state index in [2.05, 4.69) is 25.1 Å². The minimum absolute atomic E-state index is 0.289. The number of H-pyrrole nitrogens is 2. The fourth-order valence-electron chi connectivity index (χ4n) is 4.33. The van der Waals surface area contributed by atoms with Crippen molar-refractivity contribution in [3.63, 3.8) is 0 Å². The highest BCUT2D eigenvalue weighted by Gasteiger charge is 2.17. The average molecular weight is 410 g/mol. The maximum Gasteiger partial charge on any atom is 0.138 e. The molecule has 6 rings (SSSR count). The number of ether oxygens (including phenoxy) is 1. The fraction of sp³-hybridized carbons (Fsp3) is 0.250. The Balaban J connectivity index is 1.36. The van der Waals surface area contributed by atoms with Gasteiger partial charge in [0.15, 0.2) is 0 Å². The van der Waals surface area contributed by atoms with Gasteiger partial charge in [-0.15, -0.1) is 0 Å². The van der Waals surface area contributed by atoms with E-state index in [1.165, 1.54) is 19.3 Å². The van der Waals surface area contributed by atoms with Crippen LogP contribution in [0, 0.1) is 0 Å². The second kappa shape index (κ2) is 7.50. The highest BCUT2D eigenvalue weighted by atomic mass is 16.5. The van der Waals surface area contributed by atoms with Crippen molar-refractivity contribution in [2.24, 2.45) is 0 Å². The Morgan fingerprint density at radius 1 is 1.00 bits per heavy atom. The van der Waals surface area contributed by atoms with Gasteiger partial charge < -0.3 is 9.72 Å². The van der Waals surface area contributed by atoms with Crippen molar-refractivity contribution in [2.45, 2.75) is 38.2 Å². The molecule has 0 atom stereocenters. The van der Waals surface area contributed by atoms with E-state index in [0.717, 1.165) is 63.3 Å². The quantitative estimate of drug-likeness (QED) is 0.421. The summed E-state index contributed by atoms with van der Waals surface area (Å²) in [5, 5.41) is 8.63. The number of aromatic nitrogens is 6. The molecule has 0 bridgehead atoms. The molecule has 5 heterocycles. The van der Waals surface area contributed by atoms with Crippen LogP contribution < -0.4 is 4.74 Å². The number of nitrogens with zero attached hydrogens (tertiary/aromatic N) is 4. The van der Waals surface area contributed by atoms with Gasteiger partial charge in [0.2, 0.25) is 0 Å². The Hall–Kier alpha value is -3.74. The van der Waals surface area contributed by atoms with Crippen molar-refractivity contribution in [3.05, 3.63) is 55.0 Å². The van der Waals surface area contributed by atoms with Crippen LogP contribution in [0.2, 0.25) is 0 Å². The number of rotatable bonds is 4. The minimum atomic E-state index is 0.289. The third kappa shape index (κ3) is 3.42. The number of aromatic amines is 2. The van der Waals surface area contributed by atoms with Crippen LogP contribution in [0.3, 0.4) is 0 Å². The molecule has 1 saturated carbocycles. The first-order valence-electron chi connectivity index (χ1n) is 10.7. The van der Waals surface area contributed by atoms with Crippen molar-refractivity contribution in [2.75, 3.05) is 0 Å². The molecule has 0 saturated heterocycles. The Bertz CT molecular complexity index is 1330. The topological polar surface area (TPSA) is 92.4 Å². The van der Waals surface area contributed by atoms with Crippen molar-refractivity contribution in [1.82, 2.24) is 30.1 Å². The van der Waals surface area contributed by atoms with Crippen molar-refractivity contribution in [3.8, 4) is 28.4 Å². The van der Waals surface area contributed by atoms with E-state index >= 15 is 0 Å². The van der Waals surface area contributed by atoms with Crippen LogP contribution in [0.15, 0.2) is 55.0 Å². The first-order chi connectivity index (χ1) is 15.3. The second-order valence-corrected chi connectivity index (χ2v) is 8.08. The molecule has 5 aromatic heterocycles. The lowest BCUT2D eigenvalue weighted by Gasteiger charge is -2.22. The lowest BCUT2D eigenvalue weighted by Crippen LogP contribution is -2.19. The molecule has 7 nitrogen and oxygen atoms in total. The van der Waals surface area contributed by atoms with E-state index in [-0.39, 0.29) is 6.10 Å². The zero-order valence-corrected chi connectivity index (χ0v) is 17.0. The third-order valence-corrected chi connectivity index (χ3v) is 5.92. The van der Waals surface area contributed by atoms with Gasteiger partial charge in [0, 0.05) is 23.3 Å². The van der Waals surface area contributed by atoms with E-state index in [4.69, 9.17) is 9.72 Å². The summed E-state index contributed by atoms with van der Waals surface area (Å²) in [6, 6.07) is 12.0. The molecule has 0 aliphatic heterocycles. The molecule has 31 heavy (non-hydrogen) atoms.